The van der Waals surface area contributed by atoms with Crippen molar-refractivity contribution in [1.82, 2.24) is 15.3 Å². The molecule has 1 amide bonds. The van der Waals surface area contributed by atoms with Gasteiger partial charge in [0.15, 0.2) is 12.3 Å². The molecule has 0 fully saturated rings. The molecule has 0 aromatic carbocycles. The lowest BCUT2D eigenvalue weighted by Crippen LogP contribution is -2.32. The first kappa shape index (κ1) is 15.2. The minimum absolute atomic E-state index is 0.199. The molecule has 1 rings (SSSR count). The number of rotatable bonds is 5. The summed E-state index contributed by atoms with van der Waals surface area (Å²) in [6.45, 7) is 0.518. The van der Waals surface area contributed by atoms with E-state index in [1.165, 1.54) is 0 Å². The van der Waals surface area contributed by atoms with Crippen LogP contribution in [0.2, 0.25) is 0 Å². The molecule has 0 unspecified atom stereocenters. The van der Waals surface area contributed by atoms with Crippen LogP contribution >= 0.6 is 0 Å². The first-order chi connectivity index (χ1) is 8.83. The van der Waals surface area contributed by atoms with Crippen molar-refractivity contribution >= 4 is 5.91 Å². The topological polar surface area (TPSA) is 73.2 Å². The molecule has 1 aromatic rings. The number of aromatic nitrogens is 2. The summed E-state index contributed by atoms with van der Waals surface area (Å²) >= 11 is 0. The van der Waals surface area contributed by atoms with Crippen LogP contribution < -0.4 is 11.0 Å². The number of nitrogens with zero attached hydrogens (tertiary/aromatic N) is 2. The van der Waals surface area contributed by atoms with Crippen molar-refractivity contribution in [2.45, 2.75) is 26.1 Å². The van der Waals surface area contributed by atoms with Crippen LogP contribution in [0, 0.1) is 0 Å². The fourth-order valence-electron chi connectivity index (χ4n) is 1.18. The van der Waals surface area contributed by atoms with E-state index in [4.69, 9.17) is 0 Å². The standard InChI is InChI=1S/C10H12F3N3O3/c1-2-5-16-8(17)4-3-7(14-16)9(18)15-19-6-10(11,12)13/h3-4H,2,5-6H2,1H3,(H,15,18). The van der Waals surface area contributed by atoms with Gasteiger partial charge in [-0.3, -0.25) is 14.4 Å². The van der Waals surface area contributed by atoms with E-state index in [0.717, 1.165) is 16.8 Å². The Morgan fingerprint density at radius 3 is 2.74 bits per heavy atom. The number of alkyl halides is 3. The molecule has 0 aliphatic rings. The van der Waals surface area contributed by atoms with Gasteiger partial charge in [0.1, 0.15) is 0 Å². The largest absolute Gasteiger partial charge is 0.414 e. The van der Waals surface area contributed by atoms with Crippen molar-refractivity contribution in [2.75, 3.05) is 6.61 Å². The molecule has 0 aliphatic carbocycles. The highest BCUT2D eigenvalue weighted by Gasteiger charge is 2.28. The third-order valence-electron chi connectivity index (χ3n) is 1.94. The van der Waals surface area contributed by atoms with Crippen molar-refractivity contribution in [3.63, 3.8) is 0 Å². The molecule has 0 spiro atoms. The van der Waals surface area contributed by atoms with Crippen molar-refractivity contribution in [3.8, 4) is 0 Å². The van der Waals surface area contributed by atoms with Crippen molar-refractivity contribution in [2.24, 2.45) is 0 Å². The molecule has 0 radical (unpaired) electrons. The van der Waals surface area contributed by atoms with Crippen molar-refractivity contribution in [3.05, 3.63) is 28.2 Å². The predicted molar refractivity (Wildman–Crippen MR) is 58.3 cm³/mol. The van der Waals surface area contributed by atoms with Crippen LogP contribution in [0.1, 0.15) is 23.8 Å². The Hall–Kier alpha value is -1.90. The zero-order valence-corrected chi connectivity index (χ0v) is 10.0. The van der Waals surface area contributed by atoms with Crippen LogP contribution in [0.15, 0.2) is 16.9 Å². The van der Waals surface area contributed by atoms with Gasteiger partial charge in [0.25, 0.3) is 11.5 Å². The van der Waals surface area contributed by atoms with Crippen molar-refractivity contribution in [1.29, 1.82) is 0 Å². The van der Waals surface area contributed by atoms with Gasteiger partial charge < -0.3 is 0 Å². The van der Waals surface area contributed by atoms with E-state index in [0.29, 0.717) is 13.0 Å². The number of carbonyl (C=O) groups excluding carboxylic acids is 1. The van der Waals surface area contributed by atoms with E-state index in [1.54, 1.807) is 5.48 Å². The molecule has 0 aliphatic heterocycles. The molecule has 1 aromatic heterocycles. The van der Waals surface area contributed by atoms with Gasteiger partial charge in [0, 0.05) is 12.6 Å². The fraction of sp³-hybridized carbons (Fsp3) is 0.500. The van der Waals surface area contributed by atoms with Gasteiger partial charge in [-0.25, -0.2) is 10.2 Å². The quantitative estimate of drug-likeness (QED) is 0.812. The van der Waals surface area contributed by atoms with E-state index >= 15 is 0 Å². The Labute approximate surface area is 106 Å². The zero-order chi connectivity index (χ0) is 14.5. The molecule has 6 nitrogen and oxygen atoms in total. The Kier molecular flexibility index (Phi) is 5.04. The van der Waals surface area contributed by atoms with Gasteiger partial charge in [-0.15, -0.1) is 0 Å². The Bertz CT molecular complexity index is 499. The average molecular weight is 279 g/mol. The monoisotopic (exact) mass is 279 g/mol. The highest BCUT2D eigenvalue weighted by atomic mass is 19.4. The highest BCUT2D eigenvalue weighted by Crippen LogP contribution is 2.13. The lowest BCUT2D eigenvalue weighted by Gasteiger charge is -2.08. The van der Waals surface area contributed by atoms with Crippen LogP contribution in [-0.2, 0) is 11.4 Å². The lowest BCUT2D eigenvalue weighted by atomic mass is 10.4. The van der Waals surface area contributed by atoms with Gasteiger partial charge in [-0.2, -0.15) is 18.3 Å². The van der Waals surface area contributed by atoms with E-state index in [1.807, 2.05) is 6.92 Å². The van der Waals surface area contributed by atoms with Crippen LogP contribution in [0.4, 0.5) is 13.2 Å². The summed E-state index contributed by atoms with van der Waals surface area (Å²) in [5.41, 5.74) is 1.01. The maximum Gasteiger partial charge on any atom is 0.414 e. The molecular weight excluding hydrogens is 267 g/mol. The van der Waals surface area contributed by atoms with Crippen LogP contribution in [-0.4, -0.2) is 28.5 Å². The Morgan fingerprint density at radius 2 is 2.16 bits per heavy atom. The maximum atomic E-state index is 11.8. The number of hydrogen-bond acceptors (Lipinski definition) is 4. The summed E-state index contributed by atoms with van der Waals surface area (Å²) in [5, 5.41) is 3.71. The second-order valence-electron chi connectivity index (χ2n) is 3.61. The molecule has 0 saturated carbocycles. The summed E-state index contributed by atoms with van der Waals surface area (Å²) in [6.07, 6.45) is -3.91. The number of halogens is 3. The third-order valence-corrected chi connectivity index (χ3v) is 1.94. The molecule has 0 atom stereocenters. The molecule has 0 bridgehead atoms. The van der Waals surface area contributed by atoms with Crippen LogP contribution in [0.5, 0.6) is 0 Å². The fourth-order valence-corrected chi connectivity index (χ4v) is 1.18. The number of aryl methyl sites for hydroxylation is 1. The number of hydrogen-bond donors (Lipinski definition) is 1. The lowest BCUT2D eigenvalue weighted by molar-refractivity contribution is -0.184. The first-order valence-electron chi connectivity index (χ1n) is 5.40. The molecule has 106 valence electrons. The summed E-state index contributed by atoms with van der Waals surface area (Å²) < 4.78 is 36.4. The second kappa shape index (κ2) is 6.32. The molecular formula is C10H12F3N3O3. The van der Waals surface area contributed by atoms with Gasteiger partial charge in [0.2, 0.25) is 0 Å². The second-order valence-corrected chi connectivity index (χ2v) is 3.61. The normalized spacial score (nSPS) is 11.4. The van der Waals surface area contributed by atoms with E-state index in [-0.39, 0.29) is 5.69 Å². The number of hydroxylamine groups is 1. The van der Waals surface area contributed by atoms with E-state index in [2.05, 4.69) is 9.94 Å². The SMILES string of the molecule is CCCn1nc(C(=O)NOCC(F)(F)F)ccc1=O. The average Bonchev–Trinajstić information content (AvgIpc) is 2.30. The van der Waals surface area contributed by atoms with Gasteiger partial charge >= 0.3 is 6.18 Å². The van der Waals surface area contributed by atoms with E-state index < -0.39 is 24.2 Å². The van der Waals surface area contributed by atoms with Gasteiger partial charge in [0.05, 0.1) is 0 Å². The van der Waals surface area contributed by atoms with Crippen LogP contribution in [0.25, 0.3) is 0 Å². The number of nitrogens with one attached hydrogen (secondary N) is 1. The molecule has 19 heavy (non-hydrogen) atoms. The van der Waals surface area contributed by atoms with E-state index in [9.17, 15) is 22.8 Å². The minimum atomic E-state index is -4.54. The smallest absolute Gasteiger partial charge is 0.268 e. The highest BCUT2D eigenvalue weighted by molar-refractivity contribution is 5.91. The molecule has 9 heteroatoms. The first-order valence-corrected chi connectivity index (χ1v) is 5.40. The molecule has 1 heterocycles. The maximum absolute atomic E-state index is 11.8. The zero-order valence-electron chi connectivity index (χ0n) is 10.0. The molecule has 0 saturated heterocycles. The summed E-state index contributed by atoms with van der Waals surface area (Å²) in [7, 11) is 0. The van der Waals surface area contributed by atoms with Gasteiger partial charge in [-0.05, 0) is 12.5 Å². The van der Waals surface area contributed by atoms with Gasteiger partial charge in [-0.1, -0.05) is 6.92 Å². The summed E-state index contributed by atoms with van der Waals surface area (Å²) in [6, 6.07) is 2.22. The third kappa shape index (κ3) is 5.08. The van der Waals surface area contributed by atoms with Crippen molar-refractivity contribution < 1.29 is 22.8 Å². The summed E-state index contributed by atoms with van der Waals surface area (Å²) in [5.74, 6) is -0.950. The Balaban J connectivity index is 2.67. The number of amides is 1. The predicted octanol–water partition coefficient (Wildman–Crippen LogP) is 0.877. The summed E-state index contributed by atoms with van der Waals surface area (Å²) in [4.78, 5) is 26.7. The number of carbonyl (C=O) groups is 1. The molecule has 1 N–H and O–H groups in total. The minimum Gasteiger partial charge on any atom is -0.268 e. The Morgan fingerprint density at radius 1 is 1.47 bits per heavy atom. The van der Waals surface area contributed by atoms with Crippen LogP contribution in [0.3, 0.4) is 0 Å².